The maximum atomic E-state index is 13.0. The zero-order chi connectivity index (χ0) is 72.0. The smallest absolute Gasteiger partial charge is 0.472 e. The number of carbonyl (C=O) groups excluding carboxylic acids is 1. The monoisotopic (exact) mass is 1480 g/mol. The molecule has 3 aromatic carbocycles. The first-order valence-electron chi connectivity index (χ1n) is 31.4. The van der Waals surface area contributed by atoms with Crippen molar-refractivity contribution in [3.63, 3.8) is 0 Å². The number of anilines is 2. The number of allylic oxidation sites excluding steroid dienone is 8. The summed E-state index contributed by atoms with van der Waals surface area (Å²) in [6.07, 6.45) is 8.06. The molecule has 1 amide bonds. The van der Waals surface area contributed by atoms with Gasteiger partial charge in [-0.15, -0.1) is 0 Å². The number of benzene rings is 3. The third-order valence-electron chi connectivity index (χ3n) is 17.4. The number of aliphatic hydroxyl groups excluding tert-OH is 1. The van der Waals surface area contributed by atoms with Crippen LogP contribution in [-0.4, -0.2) is 160 Å². The van der Waals surface area contributed by atoms with Crippen molar-refractivity contribution >= 4 is 90.5 Å². The number of aromatic nitrogens is 2. The van der Waals surface area contributed by atoms with Crippen LogP contribution in [0.5, 0.6) is 0 Å². The predicted octanol–water partition coefficient (Wildman–Crippen LogP) is 6.67. The summed E-state index contributed by atoms with van der Waals surface area (Å²) in [5.41, 5.74) is 10.7. The third kappa shape index (κ3) is 20.4. The molecular formula is C62H82N6O24P2S4. The molecule has 4 heterocycles. The molecule has 1 unspecified atom stereocenters. The highest BCUT2D eigenvalue weighted by atomic mass is 32.2. The minimum atomic E-state index is -5.08. The van der Waals surface area contributed by atoms with Crippen LogP contribution in [0.3, 0.4) is 0 Å². The fraction of sp³-hybridized carbons (Fsp3) is 0.484. The Morgan fingerprint density at radius 2 is 1.48 bits per heavy atom. The first kappa shape index (κ1) is 77.8. The van der Waals surface area contributed by atoms with Crippen LogP contribution in [0.1, 0.15) is 133 Å². The Kier molecular flexibility index (Phi) is 25.0. The van der Waals surface area contributed by atoms with Gasteiger partial charge >= 0.3 is 21.3 Å². The lowest BCUT2D eigenvalue weighted by Gasteiger charge is -2.27. The summed E-state index contributed by atoms with van der Waals surface area (Å²) in [4.78, 5) is 59.0. The molecule has 1 aromatic heterocycles. The number of nitrogens with zero attached hydrogens (tertiary/aromatic N) is 4. The highest BCUT2D eigenvalue weighted by Gasteiger charge is 2.50. The Balaban J connectivity index is 0.935. The SMILES string of the molecule is CC1(C)C(/C=C/C2=C(c3ccc(CCCCC(=O)NCCCCCCOP(=O)(O)O[C@H]4[C@@H](O)[C@H](n5ccc(N)nc5=O)O[C@@H]4COP(=O)(O)O)cc3)C(=C/C=C3/N(CCCS(=O)(=O)O)c4ccc(S(=O)(=O)O)cc4C3(C)C)/CCC2)=[N+](CCCS(=O)(=O)O)c2ccc(S(=O)(=O)[O-])cc21. The van der Waals surface area contributed by atoms with Gasteiger partial charge in [0.25, 0.3) is 30.4 Å². The van der Waals surface area contributed by atoms with Crippen LogP contribution in [0.2, 0.25) is 0 Å². The van der Waals surface area contributed by atoms with Gasteiger partial charge in [0.05, 0.1) is 39.9 Å². The topological polar surface area (TPSA) is 469 Å². The van der Waals surface area contributed by atoms with Gasteiger partial charge in [-0.2, -0.15) is 34.8 Å². The average molecular weight is 1490 g/mol. The van der Waals surface area contributed by atoms with Crippen molar-refractivity contribution in [2.24, 2.45) is 0 Å². The van der Waals surface area contributed by atoms with Crippen LogP contribution < -0.4 is 21.6 Å². The molecular weight excluding hydrogens is 1400 g/mol. The number of nitrogens with two attached hydrogens (primary N) is 1. The van der Waals surface area contributed by atoms with Crippen molar-refractivity contribution in [3.8, 4) is 0 Å². The van der Waals surface area contributed by atoms with Crippen LogP contribution in [0.4, 0.5) is 17.2 Å². The number of phosphoric ester groups is 2. The lowest BCUT2D eigenvalue weighted by atomic mass is 9.79. The van der Waals surface area contributed by atoms with Gasteiger partial charge in [-0.3, -0.25) is 36.6 Å². The molecule has 0 radical (unpaired) electrons. The predicted molar refractivity (Wildman–Crippen MR) is 359 cm³/mol. The van der Waals surface area contributed by atoms with Gasteiger partial charge in [0.15, 0.2) is 11.9 Å². The number of rotatable bonds is 33. The van der Waals surface area contributed by atoms with Crippen LogP contribution in [0, 0.1) is 0 Å². The van der Waals surface area contributed by atoms with E-state index in [0.29, 0.717) is 98.2 Å². The van der Waals surface area contributed by atoms with E-state index in [1.165, 1.54) is 36.4 Å². The first-order valence-corrected chi connectivity index (χ1v) is 40.5. The number of ether oxygens (including phenoxy) is 1. The molecule has 0 bridgehead atoms. The minimum absolute atomic E-state index is 0.00189. The molecule has 36 heteroatoms. The molecule has 8 rings (SSSR count). The second kappa shape index (κ2) is 31.5. The first-order chi connectivity index (χ1) is 45.6. The van der Waals surface area contributed by atoms with E-state index >= 15 is 0 Å². The Bertz CT molecular complexity index is 4450. The van der Waals surface area contributed by atoms with Gasteiger partial charge in [-0.1, -0.05) is 63.1 Å². The van der Waals surface area contributed by atoms with E-state index in [1.807, 2.05) is 85.7 Å². The van der Waals surface area contributed by atoms with Crippen molar-refractivity contribution in [2.45, 2.75) is 156 Å². The van der Waals surface area contributed by atoms with Crippen LogP contribution in [0.25, 0.3) is 5.57 Å². The Morgan fingerprint density at radius 1 is 0.806 bits per heavy atom. The van der Waals surface area contributed by atoms with Crippen molar-refractivity contribution in [1.29, 1.82) is 0 Å². The number of hydrogen-bond donors (Lipinski definition) is 9. The molecule has 98 heavy (non-hydrogen) atoms. The number of carbonyl (C=O) groups is 1. The molecule has 538 valence electrons. The van der Waals surface area contributed by atoms with Crippen molar-refractivity contribution in [3.05, 3.63) is 147 Å². The van der Waals surface area contributed by atoms with E-state index in [9.17, 15) is 90.4 Å². The van der Waals surface area contributed by atoms with Gasteiger partial charge in [0, 0.05) is 66.6 Å². The summed E-state index contributed by atoms with van der Waals surface area (Å²) in [6.45, 7) is 6.86. The molecule has 1 fully saturated rings. The van der Waals surface area contributed by atoms with E-state index in [0.717, 1.165) is 38.6 Å². The zero-order valence-corrected chi connectivity index (χ0v) is 59.2. The third-order valence-corrected chi connectivity index (χ3v) is 22.2. The Labute approximate surface area is 568 Å². The van der Waals surface area contributed by atoms with E-state index in [4.69, 9.17) is 19.5 Å². The number of amides is 1. The van der Waals surface area contributed by atoms with Crippen molar-refractivity contribution < 1.29 is 108 Å². The van der Waals surface area contributed by atoms with Crippen molar-refractivity contribution in [1.82, 2.24) is 14.9 Å². The van der Waals surface area contributed by atoms with E-state index in [-0.39, 0.29) is 62.0 Å². The highest BCUT2D eigenvalue weighted by Crippen LogP contribution is 2.51. The van der Waals surface area contributed by atoms with Gasteiger partial charge < -0.3 is 45.0 Å². The number of unbranched alkanes of at least 4 members (excludes halogenated alkanes) is 4. The molecule has 3 aliphatic heterocycles. The maximum Gasteiger partial charge on any atom is 0.472 e. The molecule has 0 saturated carbocycles. The number of nitrogens with one attached hydrogen (secondary N) is 1. The number of hydrogen-bond acceptors (Lipinski definition) is 21. The summed E-state index contributed by atoms with van der Waals surface area (Å²) in [5.74, 6) is -1.39. The van der Waals surface area contributed by atoms with Crippen LogP contribution in [0.15, 0.2) is 129 Å². The Hall–Kier alpha value is -5.98. The Morgan fingerprint density at radius 3 is 2.14 bits per heavy atom. The van der Waals surface area contributed by atoms with Gasteiger partial charge in [0.1, 0.15) is 40.8 Å². The highest BCUT2D eigenvalue weighted by molar-refractivity contribution is 7.86. The quantitative estimate of drug-likeness (QED) is 0.0104. The maximum absolute atomic E-state index is 13.0. The molecule has 4 aromatic rings. The van der Waals surface area contributed by atoms with E-state index in [1.54, 1.807) is 6.07 Å². The lowest BCUT2D eigenvalue weighted by molar-refractivity contribution is -0.437. The molecule has 1 aliphatic carbocycles. The summed E-state index contributed by atoms with van der Waals surface area (Å²) in [7, 11) is -28.2. The molecule has 10 N–H and O–H groups in total. The van der Waals surface area contributed by atoms with Gasteiger partial charge in [0.2, 0.25) is 11.6 Å². The lowest BCUT2D eigenvalue weighted by Crippen LogP contribution is -2.37. The number of phosphoric acid groups is 2. The van der Waals surface area contributed by atoms with Gasteiger partial charge in [-0.25, -0.2) is 22.3 Å². The molecule has 1 saturated heterocycles. The average Bonchev–Trinajstić information content (AvgIpc) is 1.59. The standard InChI is InChI=1S/C62H82N6O24P2S4/c1-61(2)47-38-45(97(83,84)85)24-26-49(47)66(32-12-36-95(77,78)79)52(61)28-22-42-15-11-16-43(23-29-53-62(3,4)48-39-46(98(86,87)88)25-27-50(48)67(53)33-13-37-96(80,81)82)56(42)44-20-18-41(19-21-44)14-7-8-17-55(69)64-31-9-5-6-10-35-89-94(75,76)92-58-51(40-90-93(72,73)74)91-59(57(58)70)68-34-30-54(63)65-60(68)71/h18-30,34,38-39,51,57-59,70H,5-17,31-33,35-37,40H2,1-4H3,(H9-,63,64,65,69,71,72,73,74,75,76,77,78,79,80,81,82,83,84,85,86,87,88)/t51-,57-,58-,59-/m1/s1. The van der Waals surface area contributed by atoms with E-state index in [2.05, 4.69) is 14.8 Å². The molecule has 4 aliphatic rings. The second-order valence-electron chi connectivity index (χ2n) is 25.3. The number of aryl methyl sites for hydroxylation is 1. The number of nitrogen functional groups attached to an aromatic ring is 1. The summed E-state index contributed by atoms with van der Waals surface area (Å²) in [6, 6.07) is 17.4. The van der Waals surface area contributed by atoms with Crippen LogP contribution >= 0.6 is 15.6 Å². The molecule has 0 spiro atoms. The zero-order valence-electron chi connectivity index (χ0n) is 54.2. The van der Waals surface area contributed by atoms with E-state index < -0.39 is 120 Å². The fourth-order valence-corrected chi connectivity index (χ4v) is 15.9. The minimum Gasteiger partial charge on any atom is -0.744 e. The summed E-state index contributed by atoms with van der Waals surface area (Å²) >= 11 is 0. The second-order valence-corrected chi connectivity index (χ2v) is 33.9. The van der Waals surface area contributed by atoms with Gasteiger partial charge in [-0.05, 0) is 148 Å². The van der Waals surface area contributed by atoms with Crippen molar-refractivity contribution in [2.75, 3.05) is 55.0 Å². The number of fused-ring (bicyclic) bond motifs is 2. The summed E-state index contributed by atoms with van der Waals surface area (Å²) < 4.78 is 186. The number of aliphatic hydroxyl groups is 1. The van der Waals surface area contributed by atoms with Crippen LogP contribution in [-0.2, 0) is 90.0 Å². The fourth-order valence-electron chi connectivity index (χ4n) is 12.6. The summed E-state index contributed by atoms with van der Waals surface area (Å²) in [5, 5.41) is 13.9. The molecule has 5 atom stereocenters. The normalized spacial score (nSPS) is 21.2. The molecule has 30 nitrogen and oxygen atoms in total. The largest absolute Gasteiger partial charge is 0.744 e.